The molecule has 0 bridgehead atoms. The average molecular weight is 394 g/mol. The van der Waals surface area contributed by atoms with Gasteiger partial charge in [0.15, 0.2) is 0 Å². The highest BCUT2D eigenvalue weighted by atomic mass is 32.2. The molecule has 1 aliphatic heterocycles. The van der Waals surface area contributed by atoms with Gasteiger partial charge in [-0.05, 0) is 36.6 Å². The third-order valence-electron chi connectivity index (χ3n) is 4.38. The third kappa shape index (κ3) is 4.71. The minimum Gasteiger partial charge on any atom is -0.338 e. The van der Waals surface area contributed by atoms with E-state index in [0.717, 1.165) is 37.6 Å². The van der Waals surface area contributed by atoms with Gasteiger partial charge >= 0.3 is 0 Å². The molecule has 1 fully saturated rings. The van der Waals surface area contributed by atoms with E-state index >= 15 is 0 Å². The average Bonchev–Trinajstić information content (AvgIpc) is 2.75. The Bertz CT molecular complexity index is 913. The third-order valence-corrected chi connectivity index (χ3v) is 5.10. The standard InChI is InChI=1S/C20H23N7S/c1-28-17-9-5-8-16(14-17)23-19-24-18(22-15-6-3-2-4-7-15)25-20(26-19)27-12-10-21-11-13-27/h2-9,14,21H,10-13H2,1H3,(H2,22,23,24,25,26). The molecule has 8 heteroatoms. The van der Waals surface area contributed by atoms with Gasteiger partial charge in [0.1, 0.15) is 0 Å². The fourth-order valence-corrected chi connectivity index (χ4v) is 3.42. The second-order valence-corrected chi connectivity index (χ2v) is 7.25. The molecule has 7 nitrogen and oxygen atoms in total. The van der Waals surface area contributed by atoms with Crippen LogP contribution in [0.25, 0.3) is 0 Å². The van der Waals surface area contributed by atoms with Crippen LogP contribution in [-0.4, -0.2) is 47.4 Å². The molecule has 2 aromatic carbocycles. The van der Waals surface area contributed by atoms with Crippen molar-refractivity contribution in [3.05, 3.63) is 54.6 Å². The Balaban J connectivity index is 1.64. The first kappa shape index (κ1) is 18.5. The van der Waals surface area contributed by atoms with Crippen LogP contribution in [-0.2, 0) is 0 Å². The molecule has 1 saturated heterocycles. The van der Waals surface area contributed by atoms with E-state index in [1.807, 2.05) is 42.5 Å². The molecular formula is C20H23N7S. The van der Waals surface area contributed by atoms with Crippen molar-refractivity contribution < 1.29 is 0 Å². The first-order valence-electron chi connectivity index (χ1n) is 9.25. The molecule has 0 saturated carbocycles. The number of aromatic nitrogens is 3. The van der Waals surface area contributed by atoms with E-state index < -0.39 is 0 Å². The van der Waals surface area contributed by atoms with Gasteiger partial charge in [-0.1, -0.05) is 24.3 Å². The molecule has 2 heterocycles. The van der Waals surface area contributed by atoms with E-state index in [1.165, 1.54) is 4.90 Å². The summed E-state index contributed by atoms with van der Waals surface area (Å²) in [5.74, 6) is 1.73. The molecule has 0 aliphatic carbocycles. The van der Waals surface area contributed by atoms with Crippen LogP contribution in [0.2, 0.25) is 0 Å². The van der Waals surface area contributed by atoms with Crippen molar-refractivity contribution in [3.63, 3.8) is 0 Å². The second-order valence-electron chi connectivity index (χ2n) is 6.37. The maximum atomic E-state index is 4.67. The molecule has 3 N–H and O–H groups in total. The van der Waals surface area contributed by atoms with E-state index in [4.69, 9.17) is 0 Å². The second kappa shape index (κ2) is 8.90. The molecule has 0 radical (unpaired) electrons. The number of para-hydroxylation sites is 1. The van der Waals surface area contributed by atoms with Crippen LogP contribution in [0.15, 0.2) is 59.5 Å². The van der Waals surface area contributed by atoms with E-state index in [9.17, 15) is 0 Å². The fraction of sp³-hybridized carbons (Fsp3) is 0.250. The van der Waals surface area contributed by atoms with Gasteiger partial charge in [-0.25, -0.2) is 0 Å². The van der Waals surface area contributed by atoms with Gasteiger partial charge in [-0.3, -0.25) is 0 Å². The molecule has 0 atom stereocenters. The summed E-state index contributed by atoms with van der Waals surface area (Å²) in [7, 11) is 0. The number of nitrogens with one attached hydrogen (secondary N) is 3. The summed E-state index contributed by atoms with van der Waals surface area (Å²) < 4.78 is 0. The Hall–Kier alpha value is -2.84. The summed E-state index contributed by atoms with van der Waals surface area (Å²) in [5, 5.41) is 9.97. The zero-order valence-corrected chi connectivity index (χ0v) is 16.5. The maximum absolute atomic E-state index is 4.67. The lowest BCUT2D eigenvalue weighted by molar-refractivity contribution is 0.579. The molecule has 1 aliphatic rings. The number of benzene rings is 2. The van der Waals surface area contributed by atoms with Crippen LogP contribution in [0, 0.1) is 0 Å². The molecule has 0 amide bonds. The molecule has 1 aromatic heterocycles. The zero-order chi connectivity index (χ0) is 19.2. The maximum Gasteiger partial charge on any atom is 0.233 e. The van der Waals surface area contributed by atoms with Gasteiger partial charge in [-0.15, -0.1) is 11.8 Å². The van der Waals surface area contributed by atoms with Gasteiger partial charge < -0.3 is 20.9 Å². The molecule has 28 heavy (non-hydrogen) atoms. The van der Waals surface area contributed by atoms with Gasteiger partial charge in [0.25, 0.3) is 0 Å². The van der Waals surface area contributed by atoms with Crippen molar-refractivity contribution in [2.24, 2.45) is 0 Å². The minimum absolute atomic E-state index is 0.526. The number of nitrogens with zero attached hydrogens (tertiary/aromatic N) is 4. The lowest BCUT2D eigenvalue weighted by atomic mass is 10.3. The number of thioether (sulfide) groups is 1. The zero-order valence-electron chi connectivity index (χ0n) is 15.7. The van der Waals surface area contributed by atoms with Gasteiger partial charge in [0, 0.05) is 42.4 Å². The Labute approximate surface area is 169 Å². The van der Waals surface area contributed by atoms with Crippen molar-refractivity contribution in [3.8, 4) is 0 Å². The van der Waals surface area contributed by atoms with Crippen molar-refractivity contribution in [2.75, 3.05) is 48.0 Å². The lowest BCUT2D eigenvalue weighted by Gasteiger charge is -2.27. The summed E-state index contributed by atoms with van der Waals surface area (Å²) >= 11 is 1.70. The first-order valence-corrected chi connectivity index (χ1v) is 10.5. The molecule has 4 rings (SSSR count). The van der Waals surface area contributed by atoms with Crippen molar-refractivity contribution >= 4 is 41.0 Å². The van der Waals surface area contributed by atoms with Crippen LogP contribution < -0.4 is 20.9 Å². The van der Waals surface area contributed by atoms with Gasteiger partial charge in [-0.2, -0.15) is 15.0 Å². The van der Waals surface area contributed by atoms with Crippen LogP contribution in [0.1, 0.15) is 0 Å². The summed E-state index contributed by atoms with van der Waals surface area (Å²) in [6.45, 7) is 3.59. The van der Waals surface area contributed by atoms with Crippen LogP contribution in [0.4, 0.5) is 29.2 Å². The molecule has 3 aromatic rings. The van der Waals surface area contributed by atoms with Crippen LogP contribution in [0.5, 0.6) is 0 Å². The fourth-order valence-electron chi connectivity index (χ4n) is 2.96. The van der Waals surface area contributed by atoms with Crippen molar-refractivity contribution in [1.82, 2.24) is 20.3 Å². The Morgan fingerprint density at radius 1 is 0.857 bits per heavy atom. The predicted octanol–water partition coefficient (Wildman–Crippen LogP) is 3.49. The lowest BCUT2D eigenvalue weighted by Crippen LogP contribution is -2.44. The summed E-state index contributed by atoms with van der Waals surface area (Å²) in [6, 6.07) is 18.1. The molecule has 0 unspecified atom stereocenters. The number of hydrogen-bond donors (Lipinski definition) is 3. The monoisotopic (exact) mass is 393 g/mol. The Morgan fingerprint density at radius 2 is 1.54 bits per heavy atom. The topological polar surface area (TPSA) is 78.0 Å². The molecule has 144 valence electrons. The molecule has 0 spiro atoms. The van der Waals surface area contributed by atoms with Crippen LogP contribution in [0.3, 0.4) is 0 Å². The smallest absolute Gasteiger partial charge is 0.233 e. The van der Waals surface area contributed by atoms with E-state index in [2.05, 4.69) is 54.2 Å². The highest BCUT2D eigenvalue weighted by Gasteiger charge is 2.16. The van der Waals surface area contributed by atoms with Gasteiger partial charge in [0.2, 0.25) is 17.8 Å². The van der Waals surface area contributed by atoms with E-state index in [-0.39, 0.29) is 0 Å². The predicted molar refractivity (Wildman–Crippen MR) is 116 cm³/mol. The number of piperazine rings is 1. The summed E-state index contributed by atoms with van der Waals surface area (Å²) in [4.78, 5) is 17.3. The minimum atomic E-state index is 0.526. The summed E-state index contributed by atoms with van der Waals surface area (Å²) in [5.41, 5.74) is 1.89. The number of rotatable bonds is 6. The Kier molecular flexibility index (Phi) is 5.89. The normalized spacial score (nSPS) is 14.0. The van der Waals surface area contributed by atoms with Crippen LogP contribution >= 0.6 is 11.8 Å². The van der Waals surface area contributed by atoms with Crippen molar-refractivity contribution in [2.45, 2.75) is 4.90 Å². The van der Waals surface area contributed by atoms with Gasteiger partial charge in [0.05, 0.1) is 0 Å². The number of hydrogen-bond acceptors (Lipinski definition) is 8. The highest BCUT2D eigenvalue weighted by molar-refractivity contribution is 7.98. The first-order chi connectivity index (χ1) is 13.8. The SMILES string of the molecule is CSc1cccc(Nc2nc(Nc3ccccc3)nc(N3CCNCC3)n2)c1. The quantitative estimate of drug-likeness (QED) is 0.550. The summed E-state index contributed by atoms with van der Waals surface area (Å²) in [6.07, 6.45) is 2.06. The van der Waals surface area contributed by atoms with E-state index in [0.29, 0.717) is 17.8 Å². The van der Waals surface area contributed by atoms with E-state index in [1.54, 1.807) is 11.8 Å². The number of anilines is 5. The Morgan fingerprint density at radius 3 is 2.25 bits per heavy atom. The highest BCUT2D eigenvalue weighted by Crippen LogP contribution is 2.23. The van der Waals surface area contributed by atoms with Crippen molar-refractivity contribution in [1.29, 1.82) is 0 Å². The largest absolute Gasteiger partial charge is 0.338 e. The molecular weight excluding hydrogens is 370 g/mol.